The topological polar surface area (TPSA) is 46.0 Å². The molecule has 2 heterocycles. The van der Waals surface area contributed by atoms with Crippen LogP contribution in [0.25, 0.3) is 0 Å². The number of thiazole rings is 2. The molecule has 0 atom stereocenters. The Balaban J connectivity index is 0.000000140. The quantitative estimate of drug-likeness (QED) is 0.831. The van der Waals surface area contributed by atoms with Crippen molar-refractivity contribution in [3.63, 3.8) is 0 Å². The molecule has 0 bridgehead atoms. The van der Waals surface area contributed by atoms with Crippen molar-refractivity contribution in [2.75, 3.05) is 0 Å². The Morgan fingerprint density at radius 2 is 1.71 bits per heavy atom. The average Bonchev–Trinajstić information content (AvgIpc) is 2.92. The van der Waals surface area contributed by atoms with Crippen LogP contribution in [0.15, 0.2) is 23.2 Å². The van der Waals surface area contributed by atoms with Gasteiger partial charge in [-0.05, 0) is 0 Å². The van der Waals surface area contributed by atoms with Gasteiger partial charge in [-0.3, -0.25) is 0 Å². The molecule has 0 aromatic carbocycles. The number of alkyl halides is 1. The number of nitrogens with zero attached hydrogens (tertiary/aromatic N) is 2. The molecule has 2 rings (SSSR count). The summed E-state index contributed by atoms with van der Waals surface area (Å²) in [5.41, 5.74) is 0. The summed E-state index contributed by atoms with van der Waals surface area (Å²) in [5, 5.41) is 13.9. The van der Waals surface area contributed by atoms with E-state index in [2.05, 4.69) is 9.97 Å². The lowest BCUT2D eigenvalue weighted by Gasteiger charge is -1.77. The van der Waals surface area contributed by atoms with Gasteiger partial charge in [0.05, 0.1) is 12.5 Å². The summed E-state index contributed by atoms with van der Waals surface area (Å²) >= 11 is 8.46. The normalized spacial score (nSPS) is 9.29. The molecule has 0 saturated heterocycles. The number of aliphatic hydroxyl groups excluding tert-OH is 1. The fraction of sp³-hybridized carbons (Fsp3) is 0.250. The van der Waals surface area contributed by atoms with Gasteiger partial charge in [-0.2, -0.15) is 0 Å². The highest BCUT2D eigenvalue weighted by molar-refractivity contribution is 7.09. The molecule has 2 aromatic rings. The van der Waals surface area contributed by atoms with E-state index in [-0.39, 0.29) is 6.61 Å². The summed E-state index contributed by atoms with van der Waals surface area (Å²) in [4.78, 5) is 7.72. The van der Waals surface area contributed by atoms with Gasteiger partial charge in [0.1, 0.15) is 10.0 Å². The Labute approximate surface area is 95.0 Å². The predicted octanol–water partition coefficient (Wildman–Crippen LogP) is 2.52. The molecule has 0 aliphatic carbocycles. The molecule has 1 N–H and O–H groups in total. The van der Waals surface area contributed by atoms with Gasteiger partial charge in [0.15, 0.2) is 0 Å². The summed E-state index contributed by atoms with van der Waals surface area (Å²) in [6, 6.07) is 0. The first-order valence-electron chi connectivity index (χ1n) is 3.80. The van der Waals surface area contributed by atoms with Gasteiger partial charge in [-0.25, -0.2) is 9.97 Å². The molecule has 3 nitrogen and oxygen atoms in total. The highest BCUT2D eigenvalue weighted by Crippen LogP contribution is 2.05. The molecular formula is C8H9ClN2OS2. The maximum Gasteiger partial charge on any atom is 0.118 e. The van der Waals surface area contributed by atoms with Crippen molar-refractivity contribution in [3.05, 3.63) is 33.2 Å². The van der Waals surface area contributed by atoms with Crippen molar-refractivity contribution in [2.24, 2.45) is 0 Å². The Hall–Kier alpha value is -0.490. The van der Waals surface area contributed by atoms with Crippen molar-refractivity contribution in [2.45, 2.75) is 12.5 Å². The highest BCUT2D eigenvalue weighted by atomic mass is 35.5. The van der Waals surface area contributed by atoms with Crippen LogP contribution in [-0.2, 0) is 12.5 Å². The van der Waals surface area contributed by atoms with Crippen molar-refractivity contribution in [1.29, 1.82) is 0 Å². The van der Waals surface area contributed by atoms with E-state index in [9.17, 15) is 0 Å². The third-order valence-corrected chi connectivity index (χ3v) is 3.17. The Morgan fingerprint density at radius 3 is 1.93 bits per heavy atom. The summed E-state index contributed by atoms with van der Waals surface area (Å²) in [5.74, 6) is 0.539. The standard InChI is InChI=1S/C4H4ClNS.C4H5NOS/c5-3-4-6-1-2-7-4;6-3-4-5-1-2-7-4/h1-2H,3H2;1-2,6H,3H2. The maximum atomic E-state index is 8.37. The number of halogens is 1. The van der Waals surface area contributed by atoms with Gasteiger partial charge in [0.25, 0.3) is 0 Å². The van der Waals surface area contributed by atoms with E-state index in [1.54, 1.807) is 23.7 Å². The fourth-order valence-corrected chi connectivity index (χ4v) is 1.85. The zero-order valence-corrected chi connectivity index (χ0v) is 9.65. The second kappa shape index (κ2) is 6.89. The molecule has 0 spiro atoms. The van der Waals surface area contributed by atoms with Crippen LogP contribution >= 0.6 is 34.3 Å². The zero-order valence-electron chi connectivity index (χ0n) is 7.26. The number of aromatic nitrogens is 2. The molecule has 0 unspecified atom stereocenters. The number of rotatable bonds is 2. The molecule has 2 aromatic heterocycles. The van der Waals surface area contributed by atoms with Crippen LogP contribution in [0.5, 0.6) is 0 Å². The summed E-state index contributed by atoms with van der Waals surface area (Å²) in [7, 11) is 0. The summed E-state index contributed by atoms with van der Waals surface area (Å²) < 4.78 is 0. The van der Waals surface area contributed by atoms with Crippen molar-refractivity contribution >= 4 is 34.3 Å². The van der Waals surface area contributed by atoms with Crippen LogP contribution in [0, 0.1) is 0 Å². The van der Waals surface area contributed by atoms with E-state index in [1.165, 1.54) is 11.3 Å². The third kappa shape index (κ3) is 4.15. The highest BCUT2D eigenvalue weighted by Gasteiger charge is 1.86. The third-order valence-electron chi connectivity index (χ3n) is 1.22. The van der Waals surface area contributed by atoms with Gasteiger partial charge in [0, 0.05) is 23.2 Å². The molecule has 6 heteroatoms. The number of hydrogen-bond donors (Lipinski definition) is 1. The Morgan fingerprint density at radius 1 is 1.14 bits per heavy atom. The van der Waals surface area contributed by atoms with Crippen LogP contribution < -0.4 is 0 Å². The van der Waals surface area contributed by atoms with Gasteiger partial charge in [-0.15, -0.1) is 34.3 Å². The minimum absolute atomic E-state index is 0.0671. The van der Waals surface area contributed by atoms with E-state index in [1.807, 2.05) is 10.8 Å². The molecule has 0 aliphatic rings. The summed E-state index contributed by atoms with van der Waals surface area (Å²) in [6.45, 7) is 0.0671. The number of aliphatic hydroxyl groups is 1. The van der Waals surface area contributed by atoms with E-state index < -0.39 is 0 Å². The minimum Gasteiger partial charge on any atom is -0.389 e. The first-order chi connectivity index (χ1) is 6.86. The van der Waals surface area contributed by atoms with Crippen molar-refractivity contribution < 1.29 is 5.11 Å². The number of hydrogen-bond acceptors (Lipinski definition) is 5. The largest absolute Gasteiger partial charge is 0.389 e. The van der Waals surface area contributed by atoms with Gasteiger partial charge < -0.3 is 5.11 Å². The minimum atomic E-state index is 0.0671. The molecule has 0 saturated carbocycles. The molecular weight excluding hydrogens is 240 g/mol. The van der Waals surface area contributed by atoms with E-state index in [0.717, 1.165) is 10.0 Å². The molecule has 76 valence electrons. The van der Waals surface area contributed by atoms with E-state index >= 15 is 0 Å². The first kappa shape index (κ1) is 11.6. The average molecular weight is 249 g/mol. The maximum absolute atomic E-state index is 8.37. The van der Waals surface area contributed by atoms with Gasteiger partial charge in [0.2, 0.25) is 0 Å². The van der Waals surface area contributed by atoms with E-state index in [4.69, 9.17) is 16.7 Å². The van der Waals surface area contributed by atoms with E-state index in [0.29, 0.717) is 5.88 Å². The molecule has 0 fully saturated rings. The van der Waals surface area contributed by atoms with Crippen molar-refractivity contribution in [3.8, 4) is 0 Å². The smallest absolute Gasteiger partial charge is 0.118 e. The second-order valence-electron chi connectivity index (χ2n) is 2.14. The second-order valence-corrected chi connectivity index (χ2v) is 4.37. The van der Waals surface area contributed by atoms with Crippen LogP contribution in [0.1, 0.15) is 10.0 Å². The lowest BCUT2D eigenvalue weighted by molar-refractivity contribution is 0.281. The Bertz CT molecular complexity index is 289. The van der Waals surface area contributed by atoms with Crippen LogP contribution in [0.2, 0.25) is 0 Å². The molecule has 14 heavy (non-hydrogen) atoms. The fourth-order valence-electron chi connectivity index (χ4n) is 0.650. The summed E-state index contributed by atoms with van der Waals surface area (Å²) in [6.07, 6.45) is 3.43. The molecule has 0 radical (unpaired) electrons. The Kier molecular flexibility index (Phi) is 5.70. The first-order valence-corrected chi connectivity index (χ1v) is 6.09. The molecule has 0 amide bonds. The zero-order chi connectivity index (χ0) is 10.2. The van der Waals surface area contributed by atoms with Crippen LogP contribution in [0.3, 0.4) is 0 Å². The van der Waals surface area contributed by atoms with Crippen LogP contribution in [0.4, 0.5) is 0 Å². The SMILES string of the molecule is ClCc1nccs1.OCc1nccs1. The predicted molar refractivity (Wildman–Crippen MR) is 59.7 cm³/mol. The van der Waals surface area contributed by atoms with Gasteiger partial charge >= 0.3 is 0 Å². The lowest BCUT2D eigenvalue weighted by atomic mass is 10.8. The van der Waals surface area contributed by atoms with Gasteiger partial charge in [-0.1, -0.05) is 0 Å². The monoisotopic (exact) mass is 248 g/mol. The molecule has 0 aliphatic heterocycles. The van der Waals surface area contributed by atoms with Crippen LogP contribution in [-0.4, -0.2) is 15.1 Å². The lowest BCUT2D eigenvalue weighted by Crippen LogP contribution is -1.75. The van der Waals surface area contributed by atoms with Crippen molar-refractivity contribution in [1.82, 2.24) is 9.97 Å².